The van der Waals surface area contributed by atoms with Crippen LogP contribution in [0.1, 0.15) is 33.6 Å². The minimum Gasteiger partial charge on any atom is -0.542 e. The van der Waals surface area contributed by atoms with Gasteiger partial charge >= 0.3 is 12.4 Å². The van der Waals surface area contributed by atoms with E-state index in [-0.39, 0.29) is 11.4 Å². The maximum absolute atomic E-state index is 13.7. The molecular weight excluding hydrogens is 510 g/mol. The second-order valence-electron chi connectivity index (χ2n) is 7.66. The van der Waals surface area contributed by atoms with Gasteiger partial charge in [0.15, 0.2) is 11.7 Å². The van der Waals surface area contributed by atoms with Gasteiger partial charge in [0.05, 0.1) is 11.9 Å². The standard InChI is InChI=1S/C20H17F3N6O.C2HF3O2/c1-11-15(12(2)28-27-11)18-25-16(14-8-4-6-10-29(14)18)19(30)26-17(20(21,22)23)13-7-3-5-9-24-13;3-2(4,5)1(6)7/h3-10,17H,1-2H3,(H2,25,26,27,28,30);(H,6,7)/p+1. The zero-order valence-corrected chi connectivity index (χ0v) is 19.1. The first kappa shape index (κ1) is 27.2. The third-order valence-electron chi connectivity index (χ3n) is 5.07. The van der Waals surface area contributed by atoms with Crippen LogP contribution in [-0.2, 0) is 4.79 Å². The summed E-state index contributed by atoms with van der Waals surface area (Å²) in [5, 5.41) is 17.9. The Hall–Kier alpha value is -4.43. The molecule has 1 unspecified atom stereocenters. The molecule has 4 N–H and O–H groups in total. The summed E-state index contributed by atoms with van der Waals surface area (Å²) in [6.07, 6.45) is -6.76. The number of carbonyl (C=O) groups excluding carboxylic acids is 2. The smallest absolute Gasteiger partial charge is 0.430 e. The Morgan fingerprint density at radius 1 is 1.08 bits per heavy atom. The number of nitrogens with zero attached hydrogens (tertiary/aromatic N) is 2. The van der Waals surface area contributed by atoms with E-state index in [0.29, 0.717) is 17.0 Å². The van der Waals surface area contributed by atoms with Crippen molar-refractivity contribution in [2.24, 2.45) is 0 Å². The number of H-pyrrole nitrogens is 3. The molecule has 9 nitrogen and oxygen atoms in total. The Balaban J connectivity index is 0.000000479. The molecular formula is C22H19F6N6O3+. The van der Waals surface area contributed by atoms with Crippen LogP contribution in [0.15, 0.2) is 48.8 Å². The molecule has 4 aromatic heterocycles. The van der Waals surface area contributed by atoms with Crippen LogP contribution in [0.5, 0.6) is 0 Å². The zero-order valence-electron chi connectivity index (χ0n) is 19.1. The maximum Gasteiger partial charge on any atom is 0.430 e. The first-order chi connectivity index (χ1) is 17.2. The molecule has 0 aromatic carbocycles. The van der Waals surface area contributed by atoms with E-state index in [1.54, 1.807) is 41.8 Å². The monoisotopic (exact) mass is 529 g/mol. The van der Waals surface area contributed by atoms with Crippen LogP contribution in [-0.4, -0.2) is 39.4 Å². The number of alkyl halides is 6. The summed E-state index contributed by atoms with van der Waals surface area (Å²) in [5.74, 6) is -3.33. The number of aryl methyl sites for hydroxylation is 2. The minimum atomic E-state index is -5.19. The number of carboxylic acids is 1. The molecule has 0 radical (unpaired) electrons. The number of fused-ring (bicyclic) bond motifs is 1. The number of aromatic amines is 3. The van der Waals surface area contributed by atoms with Crippen molar-refractivity contribution in [1.82, 2.24) is 20.5 Å². The van der Waals surface area contributed by atoms with Crippen molar-refractivity contribution in [3.8, 4) is 11.4 Å². The number of carboxylic acid groups (broad SMARTS) is 1. The predicted octanol–water partition coefficient (Wildman–Crippen LogP) is 1.91. The average Bonchev–Trinajstić information content (AvgIpc) is 3.36. The molecule has 1 amide bonds. The van der Waals surface area contributed by atoms with Crippen molar-refractivity contribution in [2.75, 3.05) is 0 Å². The van der Waals surface area contributed by atoms with E-state index >= 15 is 0 Å². The minimum absolute atomic E-state index is 0.0239. The van der Waals surface area contributed by atoms with Crippen LogP contribution >= 0.6 is 0 Å². The average molecular weight is 529 g/mol. The topological polar surface area (TPSA) is 132 Å². The van der Waals surface area contributed by atoms with Gasteiger partial charge in [-0.05, 0) is 26.0 Å². The molecule has 0 fully saturated rings. The van der Waals surface area contributed by atoms with Crippen molar-refractivity contribution < 1.29 is 50.4 Å². The summed E-state index contributed by atoms with van der Waals surface area (Å²) in [6, 6.07) is 7.29. The molecule has 0 spiro atoms. The van der Waals surface area contributed by atoms with Gasteiger partial charge in [0, 0.05) is 17.8 Å². The Bertz CT molecular complexity index is 1390. The van der Waals surface area contributed by atoms with Gasteiger partial charge in [0.2, 0.25) is 17.4 Å². The van der Waals surface area contributed by atoms with Crippen molar-refractivity contribution in [3.05, 3.63) is 71.6 Å². The lowest BCUT2D eigenvalue weighted by atomic mass is 10.1. The second-order valence-corrected chi connectivity index (χ2v) is 7.66. The summed E-state index contributed by atoms with van der Waals surface area (Å²) >= 11 is 0. The first-order valence-corrected chi connectivity index (χ1v) is 10.4. The molecule has 4 aromatic rings. The molecule has 0 saturated heterocycles. The van der Waals surface area contributed by atoms with Crippen LogP contribution in [0.3, 0.4) is 0 Å². The van der Waals surface area contributed by atoms with E-state index in [4.69, 9.17) is 9.90 Å². The van der Waals surface area contributed by atoms with Crippen LogP contribution in [0.4, 0.5) is 26.3 Å². The summed E-state index contributed by atoms with van der Waals surface area (Å²) in [6.45, 7) is 3.63. The van der Waals surface area contributed by atoms with Crippen LogP contribution in [0, 0.1) is 13.8 Å². The number of hydrogen-bond donors (Lipinski definition) is 3. The van der Waals surface area contributed by atoms with Crippen LogP contribution in [0.2, 0.25) is 0 Å². The molecule has 37 heavy (non-hydrogen) atoms. The number of hydrogen-bond acceptors (Lipinski definition) is 4. The lowest BCUT2D eigenvalue weighted by Crippen LogP contribution is -2.41. The highest BCUT2D eigenvalue weighted by atomic mass is 19.4. The molecule has 4 heterocycles. The van der Waals surface area contributed by atoms with Gasteiger partial charge in [-0.3, -0.25) is 9.89 Å². The fourth-order valence-electron chi connectivity index (χ4n) is 3.47. The quantitative estimate of drug-likeness (QED) is 0.275. The Kier molecular flexibility index (Phi) is 7.55. The van der Waals surface area contributed by atoms with Crippen molar-refractivity contribution in [1.29, 1.82) is 0 Å². The molecule has 15 heteroatoms. The molecule has 0 aliphatic carbocycles. The van der Waals surface area contributed by atoms with Crippen molar-refractivity contribution in [2.45, 2.75) is 32.2 Å². The largest absolute Gasteiger partial charge is 0.542 e. The molecule has 1 atom stereocenters. The van der Waals surface area contributed by atoms with Gasteiger partial charge in [0.25, 0.3) is 11.7 Å². The third kappa shape index (κ3) is 6.05. The number of pyridine rings is 2. The highest BCUT2D eigenvalue weighted by molar-refractivity contribution is 5.98. The fourth-order valence-corrected chi connectivity index (χ4v) is 3.47. The third-order valence-corrected chi connectivity index (χ3v) is 5.07. The van der Waals surface area contributed by atoms with Gasteiger partial charge in [-0.1, -0.05) is 12.1 Å². The van der Waals surface area contributed by atoms with E-state index in [1.165, 1.54) is 18.3 Å². The van der Waals surface area contributed by atoms with E-state index in [9.17, 15) is 31.1 Å². The molecule has 0 saturated carbocycles. The number of nitrogens with one attached hydrogen (secondary N) is 4. The number of carbonyl (C=O) groups is 2. The maximum atomic E-state index is 13.7. The van der Waals surface area contributed by atoms with Crippen molar-refractivity contribution >= 4 is 17.4 Å². The molecule has 0 aliphatic heterocycles. The number of aromatic nitrogens is 5. The Labute approximate surface area is 204 Å². The molecule has 0 bridgehead atoms. The highest BCUT2D eigenvalue weighted by Crippen LogP contribution is 2.31. The summed E-state index contributed by atoms with van der Waals surface area (Å²) < 4.78 is 74.3. The SMILES string of the molecule is Cc1n[nH]c(C)c1-c1[nH]c(C(=O)NC(c2cccc[nH+]2)C(F)(F)F)c2cccc[n+]12.O=C([O-])C(F)(F)F. The van der Waals surface area contributed by atoms with Crippen LogP contribution in [0.25, 0.3) is 16.9 Å². The fraction of sp³-hybridized carbons (Fsp3) is 0.227. The van der Waals surface area contributed by atoms with E-state index in [0.717, 1.165) is 11.3 Å². The number of halogens is 6. The predicted molar refractivity (Wildman–Crippen MR) is 111 cm³/mol. The lowest BCUT2D eigenvalue weighted by Gasteiger charge is -2.17. The van der Waals surface area contributed by atoms with E-state index in [1.807, 2.05) is 6.92 Å². The van der Waals surface area contributed by atoms with Gasteiger partial charge in [-0.2, -0.15) is 35.8 Å². The number of amides is 1. The van der Waals surface area contributed by atoms with E-state index in [2.05, 4.69) is 25.5 Å². The highest BCUT2D eigenvalue weighted by Gasteiger charge is 2.46. The van der Waals surface area contributed by atoms with Gasteiger partial charge < -0.3 is 15.2 Å². The number of aliphatic carboxylic acids is 1. The van der Waals surface area contributed by atoms with Gasteiger partial charge in [-0.25, -0.2) is 9.97 Å². The van der Waals surface area contributed by atoms with E-state index < -0.39 is 30.3 Å². The molecule has 0 aliphatic rings. The summed E-state index contributed by atoms with van der Waals surface area (Å²) in [7, 11) is 0. The lowest BCUT2D eigenvalue weighted by molar-refractivity contribution is -0.498. The Morgan fingerprint density at radius 2 is 1.73 bits per heavy atom. The van der Waals surface area contributed by atoms with Gasteiger partial charge in [0.1, 0.15) is 11.5 Å². The van der Waals surface area contributed by atoms with Crippen molar-refractivity contribution in [3.63, 3.8) is 0 Å². The summed E-state index contributed by atoms with van der Waals surface area (Å²) in [5.41, 5.74) is 2.53. The zero-order chi connectivity index (χ0) is 27.5. The molecule has 4 rings (SSSR count). The second kappa shape index (κ2) is 10.3. The van der Waals surface area contributed by atoms with Gasteiger partial charge in [-0.15, -0.1) is 0 Å². The number of rotatable bonds is 4. The molecule has 196 valence electrons. The Morgan fingerprint density at radius 3 is 2.24 bits per heavy atom. The van der Waals surface area contributed by atoms with Crippen LogP contribution < -0.4 is 19.8 Å². The number of imidazole rings is 1. The normalized spacial score (nSPS) is 12.5. The summed E-state index contributed by atoms with van der Waals surface area (Å²) in [4.78, 5) is 27.3. The first-order valence-electron chi connectivity index (χ1n) is 10.4.